The first kappa shape index (κ1) is 18.8. The lowest BCUT2D eigenvalue weighted by Crippen LogP contribution is -2.63. The summed E-state index contributed by atoms with van der Waals surface area (Å²) in [6, 6.07) is -2.46. The summed E-state index contributed by atoms with van der Waals surface area (Å²) in [6.07, 6.45) is 4.26. The summed E-state index contributed by atoms with van der Waals surface area (Å²) < 4.78 is 0. The van der Waals surface area contributed by atoms with Crippen molar-refractivity contribution in [3.63, 3.8) is 0 Å². The number of carbonyl (C=O) groups is 4. The maximum atomic E-state index is 13.0. The Hall–Kier alpha value is -2.95. The van der Waals surface area contributed by atoms with Gasteiger partial charge in [-0.25, -0.2) is 4.98 Å². The van der Waals surface area contributed by atoms with Crippen molar-refractivity contribution in [3.8, 4) is 0 Å². The van der Waals surface area contributed by atoms with Gasteiger partial charge in [0.15, 0.2) is 0 Å². The number of nitrogens with two attached hydrogens (primary N) is 1. The van der Waals surface area contributed by atoms with Crippen LogP contribution in [0.1, 0.15) is 25.0 Å². The van der Waals surface area contributed by atoms with Crippen LogP contribution in [0, 0.1) is 0 Å². The second kappa shape index (κ2) is 7.74. The molecule has 11 nitrogen and oxygen atoms in total. The van der Waals surface area contributed by atoms with Crippen LogP contribution in [0.25, 0.3) is 0 Å². The van der Waals surface area contributed by atoms with E-state index in [0.717, 1.165) is 4.90 Å². The monoisotopic (exact) mass is 378 g/mol. The lowest BCUT2D eigenvalue weighted by Gasteiger charge is -2.38. The molecule has 0 aromatic carbocycles. The number of imidazole rings is 1. The van der Waals surface area contributed by atoms with E-state index in [4.69, 9.17) is 5.73 Å². The molecule has 2 aliphatic heterocycles. The maximum Gasteiger partial charge on any atom is 0.246 e. The van der Waals surface area contributed by atoms with Gasteiger partial charge in [0.25, 0.3) is 0 Å². The molecule has 0 spiro atoms. The van der Waals surface area contributed by atoms with E-state index in [2.05, 4.69) is 15.3 Å². The van der Waals surface area contributed by atoms with Crippen LogP contribution in [0.15, 0.2) is 12.5 Å². The van der Waals surface area contributed by atoms with Crippen molar-refractivity contribution in [2.45, 2.75) is 43.8 Å². The van der Waals surface area contributed by atoms with Crippen LogP contribution in [0.3, 0.4) is 0 Å². The quantitative estimate of drug-likeness (QED) is 0.382. The Morgan fingerprint density at radius 1 is 1.41 bits per heavy atom. The van der Waals surface area contributed by atoms with Gasteiger partial charge in [0.1, 0.15) is 24.9 Å². The summed E-state index contributed by atoms with van der Waals surface area (Å²) in [4.78, 5) is 57.7. The number of aliphatic hydroxyl groups is 1. The Morgan fingerprint density at radius 2 is 2.19 bits per heavy atom. The highest BCUT2D eigenvalue weighted by Crippen LogP contribution is 2.21. The number of hydrogen-bond acceptors (Lipinski definition) is 6. The number of aliphatic hydroxyl groups excluding tert-OH is 1. The van der Waals surface area contributed by atoms with Gasteiger partial charge in [0.2, 0.25) is 23.6 Å². The Morgan fingerprint density at radius 3 is 2.78 bits per heavy atom. The van der Waals surface area contributed by atoms with Gasteiger partial charge in [0.05, 0.1) is 12.7 Å². The minimum absolute atomic E-state index is 0.0228. The Labute approximate surface area is 154 Å². The Balaban J connectivity index is 1.74. The van der Waals surface area contributed by atoms with Crippen molar-refractivity contribution < 1.29 is 24.3 Å². The largest absolute Gasteiger partial charge is 0.376 e. The average Bonchev–Trinajstić information content (AvgIpc) is 3.30. The Kier molecular flexibility index (Phi) is 5.40. The van der Waals surface area contributed by atoms with E-state index in [9.17, 15) is 24.3 Å². The number of aromatic nitrogens is 2. The van der Waals surface area contributed by atoms with Gasteiger partial charge in [0, 0.05) is 24.9 Å². The number of rotatable bonds is 7. The molecule has 3 rings (SSSR count). The van der Waals surface area contributed by atoms with Gasteiger partial charge < -0.3 is 30.9 Å². The molecular weight excluding hydrogens is 356 g/mol. The topological polar surface area (TPSA) is 162 Å². The smallest absolute Gasteiger partial charge is 0.246 e. The molecule has 0 radical (unpaired) electrons. The molecule has 11 heteroatoms. The lowest BCUT2D eigenvalue weighted by atomic mass is 10.0. The van der Waals surface area contributed by atoms with Crippen LogP contribution < -0.4 is 11.1 Å². The molecule has 2 saturated heterocycles. The summed E-state index contributed by atoms with van der Waals surface area (Å²) >= 11 is 0. The van der Waals surface area contributed by atoms with E-state index < -0.39 is 42.6 Å². The van der Waals surface area contributed by atoms with Gasteiger partial charge in [-0.2, -0.15) is 0 Å². The zero-order chi connectivity index (χ0) is 19.6. The lowest BCUT2D eigenvalue weighted by molar-refractivity contribution is -0.160. The number of carbonyl (C=O) groups excluding carboxylic acids is 4. The van der Waals surface area contributed by atoms with E-state index in [1.54, 1.807) is 0 Å². The number of likely N-dealkylation sites (tertiary alicyclic amines) is 2. The van der Waals surface area contributed by atoms with Crippen LogP contribution in [0.2, 0.25) is 0 Å². The fourth-order valence-electron chi connectivity index (χ4n) is 3.48. The molecule has 0 bridgehead atoms. The van der Waals surface area contributed by atoms with Crippen LogP contribution >= 0.6 is 0 Å². The number of H-pyrrole nitrogens is 1. The molecule has 146 valence electrons. The summed E-state index contributed by atoms with van der Waals surface area (Å²) in [5.41, 5.74) is 6.02. The zero-order valence-electron chi connectivity index (χ0n) is 14.6. The third kappa shape index (κ3) is 3.77. The summed E-state index contributed by atoms with van der Waals surface area (Å²) in [6.45, 7) is -0.182. The van der Waals surface area contributed by atoms with Crippen LogP contribution in [0.5, 0.6) is 0 Å². The molecular formula is C16H22N6O5. The molecule has 2 aliphatic rings. The van der Waals surface area contributed by atoms with Crippen molar-refractivity contribution in [3.05, 3.63) is 18.2 Å². The molecule has 1 aromatic rings. The second-order valence-corrected chi connectivity index (χ2v) is 6.66. The second-order valence-electron chi connectivity index (χ2n) is 6.66. The third-order valence-electron chi connectivity index (χ3n) is 4.98. The molecule has 27 heavy (non-hydrogen) atoms. The first-order valence-electron chi connectivity index (χ1n) is 8.70. The molecule has 0 aliphatic carbocycles. The van der Waals surface area contributed by atoms with E-state index >= 15 is 0 Å². The van der Waals surface area contributed by atoms with Crippen LogP contribution in [-0.2, 0) is 25.6 Å². The molecule has 2 fully saturated rings. The van der Waals surface area contributed by atoms with Gasteiger partial charge in [-0.1, -0.05) is 0 Å². The first-order chi connectivity index (χ1) is 12.9. The van der Waals surface area contributed by atoms with E-state index in [-0.39, 0.29) is 18.7 Å². The highest BCUT2D eigenvalue weighted by atomic mass is 16.3. The van der Waals surface area contributed by atoms with Gasteiger partial charge in [-0.15, -0.1) is 0 Å². The molecule has 1 aromatic heterocycles. The molecule has 0 unspecified atom stereocenters. The highest BCUT2D eigenvalue weighted by molar-refractivity contribution is 5.99. The van der Waals surface area contributed by atoms with Gasteiger partial charge in [-0.3, -0.25) is 19.2 Å². The van der Waals surface area contributed by atoms with Crippen LogP contribution in [0.4, 0.5) is 0 Å². The predicted molar refractivity (Wildman–Crippen MR) is 90.5 cm³/mol. The molecule has 5 N–H and O–H groups in total. The molecule has 4 amide bonds. The number of amides is 4. The number of β-lactam (4-membered cyclic amide) rings is 1. The first-order valence-corrected chi connectivity index (χ1v) is 8.70. The Bertz CT molecular complexity index is 736. The highest BCUT2D eigenvalue weighted by Gasteiger charge is 2.43. The minimum atomic E-state index is -0.950. The van der Waals surface area contributed by atoms with Crippen molar-refractivity contribution in [2.24, 2.45) is 5.73 Å². The number of hydrogen-bond donors (Lipinski definition) is 4. The normalized spacial score (nSPS) is 23.1. The van der Waals surface area contributed by atoms with Gasteiger partial charge in [-0.05, 0) is 12.8 Å². The van der Waals surface area contributed by atoms with Gasteiger partial charge >= 0.3 is 0 Å². The van der Waals surface area contributed by atoms with Crippen molar-refractivity contribution in [1.29, 1.82) is 0 Å². The van der Waals surface area contributed by atoms with E-state index in [1.165, 1.54) is 17.4 Å². The summed E-state index contributed by atoms with van der Waals surface area (Å²) in [5.74, 6) is -1.86. The SMILES string of the molecule is NC(=O)[C@@H]1CCCN1C(=O)[C@H](Cc1cnc[nH]1)NC(=O)[C@@H]1CC(=O)N1CO. The fourth-order valence-corrected chi connectivity index (χ4v) is 3.48. The number of aromatic amines is 1. The number of primary amides is 1. The van der Waals surface area contributed by atoms with Crippen LogP contribution in [-0.4, -0.2) is 79.9 Å². The van der Waals surface area contributed by atoms with E-state index in [1.807, 2.05) is 0 Å². The molecule has 3 heterocycles. The van der Waals surface area contributed by atoms with Crippen molar-refractivity contribution >= 4 is 23.6 Å². The summed E-state index contributed by atoms with van der Waals surface area (Å²) in [5, 5.41) is 11.8. The predicted octanol–water partition coefficient (Wildman–Crippen LogP) is -2.54. The molecule has 0 saturated carbocycles. The third-order valence-corrected chi connectivity index (χ3v) is 4.98. The number of nitrogens with one attached hydrogen (secondary N) is 2. The standard InChI is InChI=1S/C16H22N6O5/c17-14(25)11-2-1-3-21(11)16(27)10(4-9-6-18-7-19-9)20-15(26)12-5-13(24)22(12)8-23/h6-7,10-12,23H,1-5,8H2,(H2,17,25)(H,18,19)(H,20,26)/t10-,11-,12-/m0/s1. The maximum absolute atomic E-state index is 13.0. The number of nitrogens with zero attached hydrogens (tertiary/aromatic N) is 3. The van der Waals surface area contributed by atoms with Crippen molar-refractivity contribution in [2.75, 3.05) is 13.3 Å². The molecule has 3 atom stereocenters. The average molecular weight is 378 g/mol. The fraction of sp³-hybridized carbons (Fsp3) is 0.562. The van der Waals surface area contributed by atoms with Crippen molar-refractivity contribution in [1.82, 2.24) is 25.1 Å². The van der Waals surface area contributed by atoms with E-state index in [0.29, 0.717) is 25.1 Å². The minimum Gasteiger partial charge on any atom is -0.376 e. The zero-order valence-corrected chi connectivity index (χ0v) is 14.6. The summed E-state index contributed by atoms with van der Waals surface area (Å²) in [7, 11) is 0.